The number of amides is 3. The zero-order chi connectivity index (χ0) is 28.1. The molecular formula is C31H31N5O3S. The van der Waals surface area contributed by atoms with E-state index in [2.05, 4.69) is 15.6 Å². The summed E-state index contributed by atoms with van der Waals surface area (Å²) in [6.07, 6.45) is 0.997. The first kappa shape index (κ1) is 27.3. The van der Waals surface area contributed by atoms with Gasteiger partial charge in [0.1, 0.15) is 11.9 Å². The van der Waals surface area contributed by atoms with Gasteiger partial charge >= 0.3 is 0 Å². The van der Waals surface area contributed by atoms with Crippen molar-refractivity contribution in [3.63, 3.8) is 0 Å². The minimum Gasteiger partial charge on any atom is -0.352 e. The number of nitrogens with zero attached hydrogens (tertiary/aromatic N) is 3. The van der Waals surface area contributed by atoms with Crippen molar-refractivity contribution in [1.82, 2.24) is 10.2 Å². The summed E-state index contributed by atoms with van der Waals surface area (Å²) in [5.41, 5.74) is 4.25. The summed E-state index contributed by atoms with van der Waals surface area (Å²) in [5, 5.41) is 6.02. The molecule has 0 bridgehead atoms. The van der Waals surface area contributed by atoms with Crippen molar-refractivity contribution >= 4 is 51.9 Å². The summed E-state index contributed by atoms with van der Waals surface area (Å²) < 4.78 is 0. The quantitative estimate of drug-likeness (QED) is 0.379. The van der Waals surface area contributed by atoms with Crippen LogP contribution in [0.4, 0.5) is 11.4 Å². The molecule has 0 spiro atoms. The molecule has 2 aliphatic heterocycles. The third kappa shape index (κ3) is 6.15. The molecule has 2 N–H and O–H groups in total. The van der Waals surface area contributed by atoms with Gasteiger partial charge < -0.3 is 10.6 Å². The third-order valence-electron chi connectivity index (χ3n) is 6.78. The fourth-order valence-electron chi connectivity index (χ4n) is 4.71. The number of carbonyl (C=O) groups excluding carboxylic acids is 3. The van der Waals surface area contributed by atoms with Crippen LogP contribution < -0.4 is 10.6 Å². The monoisotopic (exact) mass is 553 g/mol. The Bertz CT molecular complexity index is 1490. The van der Waals surface area contributed by atoms with Gasteiger partial charge in [-0.25, -0.2) is 4.99 Å². The molecule has 0 aromatic heterocycles. The maximum absolute atomic E-state index is 13.3. The number of benzene rings is 3. The maximum Gasteiger partial charge on any atom is 0.270 e. The molecule has 204 valence electrons. The Morgan fingerprint density at radius 1 is 1.00 bits per heavy atom. The van der Waals surface area contributed by atoms with Crippen molar-refractivity contribution in [2.24, 2.45) is 9.98 Å². The molecule has 2 aliphatic rings. The Morgan fingerprint density at radius 3 is 2.55 bits per heavy atom. The van der Waals surface area contributed by atoms with E-state index in [1.165, 1.54) is 11.8 Å². The molecule has 2 atom stereocenters. The molecule has 3 aromatic rings. The van der Waals surface area contributed by atoms with Crippen LogP contribution in [0.2, 0.25) is 0 Å². The number of anilines is 1. The van der Waals surface area contributed by atoms with Crippen molar-refractivity contribution in [3.05, 3.63) is 95.6 Å². The summed E-state index contributed by atoms with van der Waals surface area (Å²) in [5.74, 6) is -0.0759. The number of aliphatic imine (C=N–C) groups is 2. The first-order valence-corrected chi connectivity index (χ1v) is 14.3. The number of hydrogen-bond donors (Lipinski definition) is 2. The minimum atomic E-state index is -0.672. The Hall–Kier alpha value is -4.24. The number of hydrogen-bond acceptors (Lipinski definition) is 6. The summed E-state index contributed by atoms with van der Waals surface area (Å²) in [6, 6.07) is 24.2. The van der Waals surface area contributed by atoms with Gasteiger partial charge in [0, 0.05) is 24.2 Å². The number of aryl methyl sites for hydroxylation is 1. The summed E-state index contributed by atoms with van der Waals surface area (Å²) in [6.45, 7) is 4.35. The van der Waals surface area contributed by atoms with Crippen LogP contribution in [0.15, 0.2) is 88.8 Å². The Balaban J connectivity index is 1.33. The van der Waals surface area contributed by atoms with Crippen molar-refractivity contribution in [2.75, 3.05) is 5.32 Å². The molecule has 3 amide bonds. The number of carbonyl (C=O) groups is 3. The SMILES string of the molecule is CCC(SC1=Nc2ccccc2C2=NC(=O)C(CCC(=O)NCc3ccccc3)N12)C(=O)Nc1cccc(C)c1. The molecule has 3 aromatic carbocycles. The lowest BCUT2D eigenvalue weighted by molar-refractivity contribution is -0.122. The third-order valence-corrected chi connectivity index (χ3v) is 8.11. The zero-order valence-corrected chi connectivity index (χ0v) is 23.3. The molecule has 0 fully saturated rings. The number of fused-ring (bicyclic) bond motifs is 3. The van der Waals surface area contributed by atoms with Crippen molar-refractivity contribution in [3.8, 4) is 0 Å². The van der Waals surface area contributed by atoms with E-state index in [-0.39, 0.29) is 30.6 Å². The van der Waals surface area contributed by atoms with Gasteiger partial charge in [-0.1, -0.05) is 73.3 Å². The smallest absolute Gasteiger partial charge is 0.270 e. The van der Waals surface area contributed by atoms with Gasteiger partial charge in [0.25, 0.3) is 5.91 Å². The highest BCUT2D eigenvalue weighted by molar-refractivity contribution is 8.15. The van der Waals surface area contributed by atoms with Gasteiger partial charge in [-0.15, -0.1) is 0 Å². The Kier molecular flexibility index (Phi) is 8.40. The fourth-order valence-corrected chi connectivity index (χ4v) is 5.77. The van der Waals surface area contributed by atoms with Gasteiger partial charge in [0.05, 0.1) is 10.9 Å². The topological polar surface area (TPSA) is 103 Å². The maximum atomic E-state index is 13.3. The van der Waals surface area contributed by atoms with Crippen molar-refractivity contribution < 1.29 is 14.4 Å². The average molecular weight is 554 g/mol. The lowest BCUT2D eigenvalue weighted by Gasteiger charge is -2.32. The Labute approximate surface area is 238 Å². The molecule has 5 rings (SSSR count). The molecule has 8 nitrogen and oxygen atoms in total. The van der Waals surface area contributed by atoms with Crippen LogP contribution in [0.25, 0.3) is 0 Å². The van der Waals surface area contributed by atoms with Crippen LogP contribution in [0, 0.1) is 6.92 Å². The van der Waals surface area contributed by atoms with Gasteiger partial charge in [-0.05, 0) is 55.2 Å². The van der Waals surface area contributed by atoms with Crippen molar-refractivity contribution in [1.29, 1.82) is 0 Å². The van der Waals surface area contributed by atoms with Crippen LogP contribution in [0.3, 0.4) is 0 Å². The van der Waals surface area contributed by atoms with E-state index >= 15 is 0 Å². The van der Waals surface area contributed by atoms with Gasteiger partial charge in [-0.2, -0.15) is 4.99 Å². The van der Waals surface area contributed by atoms with Gasteiger partial charge in [-0.3, -0.25) is 19.3 Å². The van der Waals surface area contributed by atoms with E-state index in [9.17, 15) is 14.4 Å². The number of para-hydroxylation sites is 1. The number of thioether (sulfide) groups is 1. The minimum absolute atomic E-state index is 0.138. The molecule has 2 heterocycles. The van der Waals surface area contributed by atoms with E-state index < -0.39 is 11.3 Å². The van der Waals surface area contributed by atoms with E-state index in [1.807, 2.05) is 97.6 Å². The number of amidine groups is 2. The lowest BCUT2D eigenvalue weighted by Crippen LogP contribution is -2.45. The van der Waals surface area contributed by atoms with E-state index in [0.717, 1.165) is 22.4 Å². The average Bonchev–Trinajstić information content (AvgIpc) is 3.30. The van der Waals surface area contributed by atoms with Gasteiger partial charge in [0.2, 0.25) is 11.8 Å². The molecular weight excluding hydrogens is 522 g/mol. The summed E-state index contributed by atoms with van der Waals surface area (Å²) >= 11 is 1.32. The highest BCUT2D eigenvalue weighted by atomic mass is 32.2. The second-order valence-corrected chi connectivity index (χ2v) is 10.9. The molecule has 0 saturated heterocycles. The highest BCUT2D eigenvalue weighted by Crippen LogP contribution is 2.37. The predicted molar refractivity (Wildman–Crippen MR) is 160 cm³/mol. The summed E-state index contributed by atoms with van der Waals surface area (Å²) in [4.78, 5) is 50.1. The first-order valence-electron chi connectivity index (χ1n) is 13.4. The number of nitrogens with one attached hydrogen (secondary N) is 2. The lowest BCUT2D eigenvalue weighted by atomic mass is 10.1. The molecule has 9 heteroatoms. The number of rotatable bonds is 9. The molecule has 2 unspecified atom stereocenters. The van der Waals surface area contributed by atoms with E-state index in [0.29, 0.717) is 29.7 Å². The van der Waals surface area contributed by atoms with Crippen LogP contribution in [-0.2, 0) is 20.9 Å². The summed E-state index contributed by atoms with van der Waals surface area (Å²) in [7, 11) is 0. The van der Waals surface area contributed by atoms with Crippen LogP contribution in [0.1, 0.15) is 42.9 Å². The van der Waals surface area contributed by atoms with Gasteiger partial charge in [0.15, 0.2) is 5.17 Å². The molecule has 0 aliphatic carbocycles. The van der Waals surface area contributed by atoms with E-state index in [4.69, 9.17) is 4.99 Å². The second kappa shape index (κ2) is 12.3. The first-order chi connectivity index (χ1) is 19.4. The largest absolute Gasteiger partial charge is 0.352 e. The Morgan fingerprint density at radius 2 is 1.77 bits per heavy atom. The normalized spacial score (nSPS) is 16.4. The zero-order valence-electron chi connectivity index (χ0n) is 22.5. The van der Waals surface area contributed by atoms with Crippen LogP contribution in [0.5, 0.6) is 0 Å². The highest BCUT2D eigenvalue weighted by Gasteiger charge is 2.42. The second-order valence-electron chi connectivity index (χ2n) is 9.75. The van der Waals surface area contributed by atoms with Crippen LogP contribution >= 0.6 is 11.8 Å². The molecule has 0 radical (unpaired) electrons. The predicted octanol–water partition coefficient (Wildman–Crippen LogP) is 5.20. The standard InChI is InChI=1S/C31H31N5O3S/c1-3-26(30(39)33-22-13-9-10-20(2)18-22)40-31-34-24-15-8-7-14-23(24)28-35-29(38)25(36(28)31)16-17-27(37)32-19-21-11-5-4-6-12-21/h4-15,18,25-26H,3,16-17,19H2,1-2H3,(H,32,37)(H,33,39). The molecule has 40 heavy (non-hydrogen) atoms. The van der Waals surface area contributed by atoms with E-state index in [1.54, 1.807) is 0 Å². The fraction of sp³-hybridized carbons (Fsp3) is 0.258. The molecule has 0 saturated carbocycles. The van der Waals surface area contributed by atoms with Crippen LogP contribution in [-0.4, -0.2) is 44.9 Å². The van der Waals surface area contributed by atoms with Crippen molar-refractivity contribution in [2.45, 2.75) is 50.9 Å².